The largest absolute Gasteiger partial charge is 0.467 e. The molecule has 1 aromatic heterocycles. The van der Waals surface area contributed by atoms with Crippen molar-refractivity contribution in [3.8, 4) is 0 Å². The van der Waals surface area contributed by atoms with Crippen LogP contribution in [0.4, 0.5) is 5.69 Å². The summed E-state index contributed by atoms with van der Waals surface area (Å²) in [5.41, 5.74) is 2.19. The fourth-order valence-corrected chi connectivity index (χ4v) is 3.18. The maximum absolute atomic E-state index is 11.9. The maximum Gasteiger partial charge on any atom is 0.244 e. The molecule has 0 spiro atoms. The third-order valence-electron chi connectivity index (χ3n) is 4.75. The Labute approximate surface area is 165 Å². The minimum atomic E-state index is -0.301. The Morgan fingerprint density at radius 1 is 1.00 bits per heavy atom. The highest BCUT2D eigenvalue weighted by atomic mass is 16.3. The first-order valence-corrected chi connectivity index (χ1v) is 9.81. The molecule has 2 heterocycles. The number of amides is 2. The number of carbonyl (C=O) groups excluding carboxylic acids is 2. The van der Waals surface area contributed by atoms with Crippen LogP contribution in [0, 0.1) is 0 Å². The molecule has 0 bridgehead atoms. The highest BCUT2D eigenvalue weighted by Crippen LogP contribution is 2.20. The van der Waals surface area contributed by atoms with Gasteiger partial charge in [0.05, 0.1) is 19.4 Å². The minimum Gasteiger partial charge on any atom is -0.467 e. The van der Waals surface area contributed by atoms with Crippen LogP contribution in [-0.2, 0) is 16.1 Å². The van der Waals surface area contributed by atoms with E-state index in [1.165, 1.54) is 37.4 Å². The lowest BCUT2D eigenvalue weighted by molar-refractivity contribution is -0.124. The fraction of sp³-hybridized carbons (Fsp3) is 0.364. The Balaban J connectivity index is 1.41. The van der Waals surface area contributed by atoms with E-state index in [-0.39, 0.29) is 18.4 Å². The van der Waals surface area contributed by atoms with Gasteiger partial charge in [0.1, 0.15) is 5.76 Å². The van der Waals surface area contributed by atoms with Gasteiger partial charge in [-0.15, -0.1) is 0 Å². The van der Waals surface area contributed by atoms with Gasteiger partial charge in [-0.05, 0) is 48.7 Å². The number of anilines is 1. The van der Waals surface area contributed by atoms with Crippen molar-refractivity contribution < 1.29 is 14.0 Å². The van der Waals surface area contributed by atoms with Crippen LogP contribution in [-0.4, -0.2) is 31.4 Å². The smallest absolute Gasteiger partial charge is 0.244 e. The molecule has 3 rings (SSSR count). The first-order chi connectivity index (χ1) is 13.7. The molecule has 0 atom stereocenters. The van der Waals surface area contributed by atoms with E-state index in [0.717, 1.165) is 18.7 Å². The third-order valence-corrected chi connectivity index (χ3v) is 4.75. The molecule has 1 aliphatic rings. The number of carbonyl (C=O) groups is 2. The highest BCUT2D eigenvalue weighted by Gasteiger charge is 2.09. The number of hydrogen-bond acceptors (Lipinski definition) is 4. The molecule has 0 unspecified atom stereocenters. The van der Waals surface area contributed by atoms with E-state index < -0.39 is 0 Å². The Morgan fingerprint density at radius 2 is 1.75 bits per heavy atom. The maximum atomic E-state index is 11.9. The van der Waals surface area contributed by atoms with Crippen LogP contribution in [0.2, 0.25) is 0 Å². The lowest BCUT2D eigenvalue weighted by atomic mass is 10.1. The van der Waals surface area contributed by atoms with E-state index in [2.05, 4.69) is 27.7 Å². The summed E-state index contributed by atoms with van der Waals surface area (Å²) in [5, 5.41) is 5.26. The Morgan fingerprint density at radius 3 is 2.43 bits per heavy atom. The van der Waals surface area contributed by atoms with Crippen molar-refractivity contribution in [1.29, 1.82) is 0 Å². The second-order valence-corrected chi connectivity index (χ2v) is 6.90. The molecule has 1 aliphatic heterocycles. The first kappa shape index (κ1) is 19.7. The van der Waals surface area contributed by atoms with Crippen LogP contribution in [0.15, 0.2) is 53.2 Å². The highest BCUT2D eigenvalue weighted by molar-refractivity contribution is 5.94. The number of furan rings is 1. The summed E-state index contributed by atoms with van der Waals surface area (Å²) >= 11 is 0. The Kier molecular flexibility index (Phi) is 7.29. The SMILES string of the molecule is O=C(/C=C/c1ccc(N2CCCCCC2)cc1)NCC(=O)NCc1ccco1. The third kappa shape index (κ3) is 6.30. The van der Waals surface area contributed by atoms with E-state index in [1.807, 2.05) is 12.1 Å². The molecule has 1 fully saturated rings. The summed E-state index contributed by atoms with van der Waals surface area (Å²) in [6.07, 6.45) is 9.87. The summed E-state index contributed by atoms with van der Waals surface area (Å²) in [7, 11) is 0. The second-order valence-electron chi connectivity index (χ2n) is 6.90. The average Bonchev–Trinajstić information content (AvgIpc) is 3.10. The van der Waals surface area contributed by atoms with E-state index in [0.29, 0.717) is 12.3 Å². The van der Waals surface area contributed by atoms with Gasteiger partial charge in [-0.2, -0.15) is 0 Å². The van der Waals surface area contributed by atoms with Crippen LogP contribution < -0.4 is 15.5 Å². The monoisotopic (exact) mass is 381 g/mol. The topological polar surface area (TPSA) is 74.6 Å². The number of nitrogens with zero attached hydrogens (tertiary/aromatic N) is 1. The standard InChI is InChI=1S/C22H27N3O3/c26-21(24-17-22(27)23-16-20-6-5-15-28-20)12-9-18-7-10-19(11-8-18)25-13-3-1-2-4-14-25/h5-12,15H,1-4,13-14,16-17H2,(H,23,27)(H,24,26)/b12-9+. The molecule has 0 aliphatic carbocycles. The van der Waals surface area contributed by atoms with Crippen molar-refractivity contribution in [3.05, 3.63) is 60.1 Å². The van der Waals surface area contributed by atoms with Crippen LogP contribution in [0.25, 0.3) is 6.08 Å². The molecule has 2 aromatic rings. The van der Waals surface area contributed by atoms with Gasteiger partial charge in [-0.25, -0.2) is 0 Å². The zero-order valence-electron chi connectivity index (χ0n) is 16.0. The van der Waals surface area contributed by atoms with Crippen molar-refractivity contribution in [2.24, 2.45) is 0 Å². The van der Waals surface area contributed by atoms with Gasteiger partial charge >= 0.3 is 0 Å². The lowest BCUT2D eigenvalue weighted by Gasteiger charge is -2.22. The first-order valence-electron chi connectivity index (χ1n) is 9.81. The van der Waals surface area contributed by atoms with Gasteiger partial charge in [-0.3, -0.25) is 9.59 Å². The van der Waals surface area contributed by atoms with Gasteiger partial charge in [-0.1, -0.05) is 25.0 Å². The van der Waals surface area contributed by atoms with E-state index in [4.69, 9.17) is 4.42 Å². The molecule has 0 saturated carbocycles. The molecule has 28 heavy (non-hydrogen) atoms. The molecule has 1 saturated heterocycles. The van der Waals surface area contributed by atoms with Crippen LogP contribution >= 0.6 is 0 Å². The summed E-state index contributed by atoms with van der Waals surface area (Å²) in [6.45, 7) is 2.46. The van der Waals surface area contributed by atoms with E-state index >= 15 is 0 Å². The van der Waals surface area contributed by atoms with Gasteiger partial charge in [0.2, 0.25) is 11.8 Å². The molecule has 6 heteroatoms. The fourth-order valence-electron chi connectivity index (χ4n) is 3.18. The Hall–Kier alpha value is -3.02. The summed E-state index contributed by atoms with van der Waals surface area (Å²) in [6, 6.07) is 11.8. The molecule has 0 radical (unpaired) electrons. The molecule has 6 nitrogen and oxygen atoms in total. The Bertz CT molecular complexity index is 774. The van der Waals surface area contributed by atoms with Gasteiger partial charge in [0, 0.05) is 24.9 Å². The summed E-state index contributed by atoms with van der Waals surface area (Å²) < 4.78 is 5.13. The molecular formula is C22H27N3O3. The van der Waals surface area contributed by atoms with Crippen LogP contribution in [0.1, 0.15) is 37.0 Å². The number of rotatable bonds is 7. The van der Waals surface area contributed by atoms with Gasteiger partial charge < -0.3 is 20.0 Å². The minimum absolute atomic E-state index is 0.0716. The molecule has 2 N–H and O–H groups in total. The van der Waals surface area contributed by atoms with Crippen molar-refractivity contribution in [2.45, 2.75) is 32.2 Å². The van der Waals surface area contributed by atoms with E-state index in [1.54, 1.807) is 24.5 Å². The average molecular weight is 381 g/mol. The lowest BCUT2D eigenvalue weighted by Crippen LogP contribution is -2.35. The summed E-state index contributed by atoms with van der Waals surface area (Å²) in [4.78, 5) is 26.1. The van der Waals surface area contributed by atoms with Crippen molar-refractivity contribution in [3.63, 3.8) is 0 Å². The predicted octanol–water partition coefficient (Wildman–Crippen LogP) is 3.11. The summed E-state index contributed by atoms with van der Waals surface area (Å²) in [5.74, 6) is 0.105. The van der Waals surface area contributed by atoms with Crippen molar-refractivity contribution in [2.75, 3.05) is 24.5 Å². The number of benzene rings is 1. The molecule has 2 amide bonds. The van der Waals surface area contributed by atoms with Gasteiger partial charge in [0.15, 0.2) is 0 Å². The number of nitrogens with one attached hydrogen (secondary N) is 2. The molecule has 148 valence electrons. The van der Waals surface area contributed by atoms with E-state index in [9.17, 15) is 9.59 Å². The predicted molar refractivity (Wildman–Crippen MR) is 110 cm³/mol. The second kappa shape index (κ2) is 10.3. The van der Waals surface area contributed by atoms with Crippen molar-refractivity contribution in [1.82, 2.24) is 10.6 Å². The van der Waals surface area contributed by atoms with Crippen LogP contribution in [0.5, 0.6) is 0 Å². The molecule has 1 aromatic carbocycles. The van der Waals surface area contributed by atoms with Crippen LogP contribution in [0.3, 0.4) is 0 Å². The zero-order valence-corrected chi connectivity index (χ0v) is 16.0. The zero-order chi connectivity index (χ0) is 19.6. The number of hydrogen-bond donors (Lipinski definition) is 2. The molecular weight excluding hydrogens is 354 g/mol. The van der Waals surface area contributed by atoms with Gasteiger partial charge in [0.25, 0.3) is 0 Å². The van der Waals surface area contributed by atoms with Crippen molar-refractivity contribution >= 4 is 23.6 Å². The quantitative estimate of drug-likeness (QED) is 0.723. The normalized spacial score (nSPS) is 14.6.